The number of hydrogen-bond acceptors (Lipinski definition) is 15. The molecule has 0 fully saturated rings. The first-order valence-electron chi connectivity index (χ1n) is 29.8. The summed E-state index contributed by atoms with van der Waals surface area (Å²) in [7, 11) is 17.9. The average Bonchev–Trinajstić information content (AvgIpc) is 3.37. The van der Waals surface area contributed by atoms with Gasteiger partial charge in [-0.15, -0.1) is 12.4 Å². The molecule has 0 spiro atoms. The highest BCUT2D eigenvalue weighted by molar-refractivity contribution is 9.09. The molecule has 0 saturated carbocycles. The molecule has 6 N–H and O–H groups in total. The lowest BCUT2D eigenvalue weighted by Crippen LogP contribution is -3.00. The van der Waals surface area contributed by atoms with Crippen molar-refractivity contribution in [3.05, 3.63) is 0 Å². The highest BCUT2D eigenvalue weighted by atomic mass is 79.9. The van der Waals surface area contributed by atoms with E-state index in [0.29, 0.717) is 39.5 Å². The SMILES string of the molecule is C.C.CCCCCCCCCCBr.CCCCCCCCCC[N+](C)(C)CCN.CCCCCCCCCC[N+](C)(C)CCNC(=O)OCC.CCOC(=O)NCCN(C)C.CCOC(=O)OCC.CN(C)CCN.Cl.S.S=S.S=S=S.[Cl-]. The van der Waals surface area contributed by atoms with Crippen molar-refractivity contribution in [2.45, 2.75) is 217 Å². The summed E-state index contributed by atoms with van der Waals surface area (Å²) in [6, 6.07) is 0. The zero-order valence-electron chi connectivity index (χ0n) is 54.6. The van der Waals surface area contributed by atoms with Gasteiger partial charge in [0.2, 0.25) is 0 Å². The van der Waals surface area contributed by atoms with Crippen molar-refractivity contribution in [2.24, 2.45) is 11.5 Å². The van der Waals surface area contributed by atoms with E-state index in [1.165, 1.54) is 173 Å². The first-order valence-corrected chi connectivity index (χ1v) is 34.9. The van der Waals surface area contributed by atoms with Crippen molar-refractivity contribution in [1.82, 2.24) is 20.4 Å². The second-order valence-corrected chi connectivity index (χ2v) is 23.1. The summed E-state index contributed by atoms with van der Waals surface area (Å²) in [6.45, 7) is 24.7. The van der Waals surface area contributed by atoms with E-state index in [9.17, 15) is 14.4 Å². The van der Waals surface area contributed by atoms with Gasteiger partial charge in [0, 0.05) is 91.7 Å². The Bertz CT molecular complexity index is 1210. The summed E-state index contributed by atoms with van der Waals surface area (Å²) >= 11 is 19.0. The zero-order chi connectivity index (χ0) is 61.4. The maximum absolute atomic E-state index is 11.2. The van der Waals surface area contributed by atoms with Crippen LogP contribution >= 0.6 is 41.8 Å². The molecule has 0 aromatic carbocycles. The Kier molecular flexibility index (Phi) is 139. The number of carbonyl (C=O) groups excluding carboxylic acids is 3. The number of carbonyl (C=O) groups is 3. The van der Waals surface area contributed by atoms with Crippen LogP contribution in [0.15, 0.2) is 0 Å². The summed E-state index contributed by atoms with van der Waals surface area (Å²) in [5, 5.41) is 6.59. The fourth-order valence-electron chi connectivity index (χ4n) is 6.89. The maximum atomic E-state index is 11.2. The molecule has 514 valence electrons. The number of halogens is 3. The van der Waals surface area contributed by atoms with E-state index in [4.69, 9.17) is 16.2 Å². The predicted molar refractivity (Wildman–Crippen MR) is 387 cm³/mol. The van der Waals surface area contributed by atoms with Crippen LogP contribution in [0.1, 0.15) is 217 Å². The molecule has 0 atom stereocenters. The second-order valence-electron chi connectivity index (χ2n) is 20.5. The minimum atomic E-state index is -0.588. The van der Waals surface area contributed by atoms with Gasteiger partial charge < -0.3 is 72.2 Å². The zero-order valence-corrected chi connectivity index (χ0v) is 62.8. The average molecular weight is 1420 g/mol. The number of quaternary nitrogens is 2. The Hall–Kier alpha value is 0.0800. The Morgan fingerprint density at radius 3 is 1.00 bits per heavy atom. The molecule has 0 saturated heterocycles. The normalized spacial score (nSPS) is 9.59. The number of amides is 2. The van der Waals surface area contributed by atoms with Gasteiger partial charge in [0.25, 0.3) is 0 Å². The molecule has 0 bridgehead atoms. The predicted octanol–water partition coefficient (Wildman–Crippen LogP) is 11.4. The molecule has 0 aromatic rings. The lowest BCUT2D eigenvalue weighted by molar-refractivity contribution is -0.889. The van der Waals surface area contributed by atoms with Crippen LogP contribution < -0.4 is 34.5 Å². The van der Waals surface area contributed by atoms with Crippen LogP contribution in [0.2, 0.25) is 0 Å². The van der Waals surface area contributed by atoms with Gasteiger partial charge in [0.15, 0.2) is 0 Å². The fraction of sp³-hybridized carbons (Fsp3) is 0.949. The number of nitrogens with two attached hydrogens (primary N) is 2. The van der Waals surface area contributed by atoms with Gasteiger partial charge in [-0.1, -0.05) is 174 Å². The highest BCUT2D eigenvalue weighted by Crippen LogP contribution is 2.12. The van der Waals surface area contributed by atoms with Gasteiger partial charge in [0.1, 0.15) is 0 Å². The van der Waals surface area contributed by atoms with E-state index in [-0.39, 0.29) is 65.3 Å². The van der Waals surface area contributed by atoms with E-state index < -0.39 is 6.16 Å². The van der Waals surface area contributed by atoms with Crippen LogP contribution in [0.5, 0.6) is 0 Å². The number of nitrogens with one attached hydrogen (secondary N) is 2. The van der Waals surface area contributed by atoms with E-state index in [1.54, 1.807) is 20.8 Å². The second kappa shape index (κ2) is 101. The van der Waals surface area contributed by atoms with Gasteiger partial charge in [-0.3, -0.25) is 0 Å². The smallest absolute Gasteiger partial charge is 0.508 e. The number of hydrogen-bond donors (Lipinski definition) is 4. The monoisotopic (exact) mass is 1410 g/mol. The molecule has 0 rings (SSSR count). The lowest BCUT2D eigenvalue weighted by atomic mass is 10.1. The number of nitrogens with zero attached hydrogens (tertiary/aromatic N) is 4. The van der Waals surface area contributed by atoms with Crippen molar-refractivity contribution in [3.8, 4) is 0 Å². The standard InChI is InChI=1S/C17H36N2O2.C14H33N2.C10H21Br.C7H16N2O2.C5H10O3.C4H12N2.2CH4.2ClH.S3.S2.H2S/c1-5-7-8-9-10-11-12-13-15-19(3,4)16-14-18-17(20)21-6-2;1-4-5-6-7-8-9-10-11-13-16(2,3)14-12-15;1-2-3-4-5-6-7-8-9-10-11;1-4-11-7(10)8-5-6-9(2)3;1-3-7-5(6)8-4-2;1-6(2)4-3-5;;;;;1-3-2;1-2;/h5-16H2,1-4H3;4-15H2,1-3H3;2-10H2,1H3;4-6H2,1-3H3,(H,8,10);3-4H2,1-2H3;3-5H2,1-2H3;2*1H4;2*1H;;;1H2/q;+1;;;;;;;;;;;. The fourth-order valence-corrected chi connectivity index (χ4v) is 7.29. The van der Waals surface area contributed by atoms with Crippen LogP contribution in [0.3, 0.4) is 0 Å². The molecule has 0 unspecified atom stereocenters. The molecule has 0 aromatic heterocycles. The van der Waals surface area contributed by atoms with Crippen LogP contribution in [-0.2, 0) is 72.6 Å². The quantitative estimate of drug-likeness (QED) is 0.0150. The molecule has 0 aliphatic carbocycles. The van der Waals surface area contributed by atoms with E-state index in [0.717, 1.165) is 57.1 Å². The third-order valence-electron chi connectivity index (χ3n) is 11.4. The number of likely N-dealkylation sites (N-methyl/N-ethyl adjacent to an activating group) is 4. The minimum Gasteiger partial charge on any atom is -1.00 e. The van der Waals surface area contributed by atoms with Crippen LogP contribution in [-0.4, -0.2) is 191 Å². The Morgan fingerprint density at radius 2 is 0.747 bits per heavy atom. The van der Waals surface area contributed by atoms with Crippen molar-refractivity contribution in [2.75, 3.05) is 154 Å². The Balaban J connectivity index is -0.0000000649. The van der Waals surface area contributed by atoms with Crippen LogP contribution in [0, 0.1) is 0 Å². The largest absolute Gasteiger partial charge is 1.00 e. The first kappa shape index (κ1) is 114. The molecule has 0 aliphatic heterocycles. The first-order chi connectivity index (χ1) is 37.2. The van der Waals surface area contributed by atoms with Crippen molar-refractivity contribution in [1.29, 1.82) is 0 Å². The molecule has 0 heterocycles. The van der Waals surface area contributed by atoms with Crippen molar-refractivity contribution in [3.63, 3.8) is 0 Å². The summed E-state index contributed by atoms with van der Waals surface area (Å²) in [5.74, 6) is 0. The van der Waals surface area contributed by atoms with Gasteiger partial charge in [-0.05, 0) is 88.0 Å². The third kappa shape index (κ3) is 137. The molecular formula is C59H140BrCl2N8O7S6+. The minimum absolute atomic E-state index is 0. The molecule has 83 heavy (non-hydrogen) atoms. The number of ether oxygens (including phenoxy) is 4. The number of rotatable bonds is 40. The van der Waals surface area contributed by atoms with Gasteiger partial charge in [0.05, 0.1) is 87.3 Å². The van der Waals surface area contributed by atoms with Gasteiger partial charge in [-0.25, -0.2) is 14.4 Å². The number of alkyl halides is 1. The Labute approximate surface area is 567 Å². The third-order valence-corrected chi connectivity index (χ3v) is 12.0. The maximum Gasteiger partial charge on any atom is 0.508 e. The van der Waals surface area contributed by atoms with E-state index >= 15 is 0 Å². The van der Waals surface area contributed by atoms with E-state index in [1.807, 2.05) is 40.0 Å². The molecule has 0 aliphatic rings. The molecule has 24 heteroatoms. The van der Waals surface area contributed by atoms with Crippen LogP contribution in [0.4, 0.5) is 14.4 Å². The Morgan fingerprint density at radius 1 is 0.470 bits per heavy atom. The summed E-state index contributed by atoms with van der Waals surface area (Å²) in [5.41, 5.74) is 10.8. The van der Waals surface area contributed by atoms with E-state index in [2.05, 4.69) is 139 Å². The molecule has 2 amide bonds. The van der Waals surface area contributed by atoms with Gasteiger partial charge in [-0.2, -0.15) is 13.5 Å². The summed E-state index contributed by atoms with van der Waals surface area (Å²) < 4.78 is 20.4. The number of alkyl carbamates (subject to hydrolysis) is 2. The van der Waals surface area contributed by atoms with Crippen molar-refractivity contribution >= 4 is 114 Å². The lowest BCUT2D eigenvalue weighted by Gasteiger charge is -2.29. The summed E-state index contributed by atoms with van der Waals surface area (Å²) in [4.78, 5) is 36.1. The molecule has 0 radical (unpaired) electrons. The number of unbranched alkanes of at least 4 members (excludes halogenated alkanes) is 21. The van der Waals surface area contributed by atoms with Gasteiger partial charge >= 0.3 is 18.3 Å². The topological polar surface area (TPSA) is 171 Å². The highest BCUT2D eigenvalue weighted by Gasteiger charge is 2.15. The van der Waals surface area contributed by atoms with Crippen molar-refractivity contribution < 1.29 is 54.7 Å². The van der Waals surface area contributed by atoms with Crippen LogP contribution in [0.25, 0.3) is 0 Å². The molecule has 15 nitrogen and oxygen atoms in total. The molecular weight excluding hydrogens is 1280 g/mol. The summed E-state index contributed by atoms with van der Waals surface area (Å²) in [6.07, 6.45) is 32.3.